The highest BCUT2D eigenvalue weighted by atomic mass is 16.4. The first-order valence-corrected chi connectivity index (χ1v) is 7.04. The zero-order chi connectivity index (χ0) is 13.6. The van der Waals surface area contributed by atoms with Crippen LogP contribution in [0, 0.1) is 5.92 Å². The van der Waals surface area contributed by atoms with Crippen molar-refractivity contribution >= 4 is 12.0 Å². The lowest BCUT2D eigenvalue weighted by atomic mass is 10.0. The average Bonchev–Trinajstić information content (AvgIpc) is 2.93. The summed E-state index contributed by atoms with van der Waals surface area (Å²) in [4.78, 5) is 27.0. The number of rotatable bonds is 1. The van der Waals surface area contributed by atoms with E-state index < -0.39 is 11.9 Å². The van der Waals surface area contributed by atoms with Gasteiger partial charge in [0.15, 0.2) is 0 Å². The lowest BCUT2D eigenvalue weighted by Gasteiger charge is -2.39. The van der Waals surface area contributed by atoms with Gasteiger partial charge >= 0.3 is 12.0 Å². The number of amides is 2. The summed E-state index contributed by atoms with van der Waals surface area (Å²) in [5, 5.41) is 18.7. The minimum atomic E-state index is -0.813. The molecule has 0 saturated carbocycles. The summed E-state index contributed by atoms with van der Waals surface area (Å²) in [5.74, 6) is -1.23. The molecule has 2 amide bonds. The van der Waals surface area contributed by atoms with Gasteiger partial charge in [-0.2, -0.15) is 0 Å². The highest BCUT2D eigenvalue weighted by molar-refractivity contribution is 5.78. The Hall–Kier alpha value is -1.30. The van der Waals surface area contributed by atoms with Crippen molar-refractivity contribution < 1.29 is 19.8 Å². The molecule has 3 aliphatic heterocycles. The van der Waals surface area contributed by atoms with Gasteiger partial charge in [0.25, 0.3) is 0 Å². The monoisotopic (exact) mass is 268 g/mol. The van der Waals surface area contributed by atoms with Gasteiger partial charge in [-0.1, -0.05) is 0 Å². The number of piperidine rings is 1. The number of carboxylic acids is 1. The number of likely N-dealkylation sites (tertiary alicyclic amines) is 1. The number of nitrogens with zero attached hydrogens (tertiary/aromatic N) is 2. The van der Waals surface area contributed by atoms with Crippen molar-refractivity contribution in [3.05, 3.63) is 0 Å². The van der Waals surface area contributed by atoms with Gasteiger partial charge in [-0.15, -0.1) is 0 Å². The number of carbonyl (C=O) groups excluding carboxylic acids is 1. The highest BCUT2D eigenvalue weighted by Crippen LogP contribution is 2.37. The van der Waals surface area contributed by atoms with Crippen molar-refractivity contribution in [2.24, 2.45) is 5.92 Å². The number of hydrogen-bond acceptors (Lipinski definition) is 3. The molecule has 3 atom stereocenters. The molecule has 3 unspecified atom stereocenters. The van der Waals surface area contributed by atoms with E-state index in [1.807, 2.05) is 4.90 Å². The molecule has 0 aromatic heterocycles. The Morgan fingerprint density at radius 2 is 1.68 bits per heavy atom. The molecule has 0 aromatic rings. The Labute approximate surface area is 112 Å². The average molecular weight is 268 g/mol. The van der Waals surface area contributed by atoms with E-state index in [1.165, 1.54) is 0 Å². The van der Waals surface area contributed by atoms with E-state index in [0.29, 0.717) is 32.4 Å². The van der Waals surface area contributed by atoms with Crippen molar-refractivity contribution in [3.8, 4) is 0 Å². The predicted molar refractivity (Wildman–Crippen MR) is 66.6 cm³/mol. The molecule has 3 aliphatic rings. The number of aliphatic carboxylic acids is 1. The van der Waals surface area contributed by atoms with Crippen LogP contribution in [0.4, 0.5) is 4.79 Å². The molecular formula is C13H20N2O4. The summed E-state index contributed by atoms with van der Waals surface area (Å²) in [6.07, 6.45) is 3.52. The molecule has 2 bridgehead atoms. The van der Waals surface area contributed by atoms with Crippen LogP contribution in [-0.4, -0.2) is 63.3 Å². The van der Waals surface area contributed by atoms with E-state index in [1.54, 1.807) is 4.90 Å². The minimum absolute atomic E-state index is 0.0249. The summed E-state index contributed by atoms with van der Waals surface area (Å²) < 4.78 is 0. The first-order chi connectivity index (χ1) is 9.06. The van der Waals surface area contributed by atoms with Crippen molar-refractivity contribution in [1.82, 2.24) is 9.80 Å². The number of carbonyl (C=O) groups is 2. The van der Waals surface area contributed by atoms with E-state index in [2.05, 4.69) is 0 Å². The molecule has 0 aliphatic carbocycles. The van der Waals surface area contributed by atoms with Crippen LogP contribution in [0.25, 0.3) is 0 Å². The summed E-state index contributed by atoms with van der Waals surface area (Å²) in [7, 11) is 0. The molecule has 6 nitrogen and oxygen atoms in total. The largest absolute Gasteiger partial charge is 0.481 e. The first-order valence-electron chi connectivity index (χ1n) is 7.04. The Morgan fingerprint density at radius 3 is 2.21 bits per heavy atom. The van der Waals surface area contributed by atoms with Gasteiger partial charge in [0.2, 0.25) is 0 Å². The Morgan fingerprint density at radius 1 is 1.05 bits per heavy atom. The molecule has 6 heteroatoms. The summed E-state index contributed by atoms with van der Waals surface area (Å²) >= 11 is 0. The number of aliphatic hydroxyl groups is 1. The van der Waals surface area contributed by atoms with Gasteiger partial charge in [-0.25, -0.2) is 4.79 Å². The second-order valence-electron chi connectivity index (χ2n) is 5.97. The number of urea groups is 1. The molecule has 3 saturated heterocycles. The SMILES string of the molecule is O=C(O)C1CCN(C(=O)N2C3CCC2CC(O)C3)C1. The standard InChI is InChI=1S/C13H20N2O4/c16-11-5-9-1-2-10(6-11)15(9)13(19)14-4-3-8(7-14)12(17)18/h8-11,16H,1-7H2,(H,17,18). The molecule has 3 fully saturated rings. The predicted octanol–water partition coefficient (Wildman–Crippen LogP) is 0.501. The molecule has 3 rings (SSSR count). The van der Waals surface area contributed by atoms with Crippen molar-refractivity contribution in [2.75, 3.05) is 13.1 Å². The molecule has 19 heavy (non-hydrogen) atoms. The topological polar surface area (TPSA) is 81.1 Å². The Bertz CT molecular complexity index is 386. The molecule has 0 radical (unpaired) electrons. The number of aliphatic hydroxyl groups excluding tert-OH is 1. The van der Waals surface area contributed by atoms with Crippen LogP contribution in [0.3, 0.4) is 0 Å². The minimum Gasteiger partial charge on any atom is -0.481 e. The summed E-state index contributed by atoms with van der Waals surface area (Å²) in [5.41, 5.74) is 0. The lowest BCUT2D eigenvalue weighted by Crippen LogP contribution is -2.52. The maximum atomic E-state index is 12.5. The van der Waals surface area contributed by atoms with Gasteiger partial charge in [0.05, 0.1) is 12.0 Å². The maximum absolute atomic E-state index is 12.5. The molecule has 0 spiro atoms. The van der Waals surface area contributed by atoms with Crippen molar-refractivity contribution in [2.45, 2.75) is 50.3 Å². The quantitative estimate of drug-likeness (QED) is 0.725. The van der Waals surface area contributed by atoms with Gasteiger partial charge in [0.1, 0.15) is 0 Å². The van der Waals surface area contributed by atoms with Gasteiger partial charge < -0.3 is 20.0 Å². The fourth-order valence-electron chi connectivity index (χ4n) is 3.76. The van der Waals surface area contributed by atoms with Crippen LogP contribution in [0.15, 0.2) is 0 Å². The second-order valence-corrected chi connectivity index (χ2v) is 5.97. The number of carboxylic acid groups (broad SMARTS) is 1. The van der Waals surface area contributed by atoms with Crippen LogP contribution >= 0.6 is 0 Å². The normalized spacial score (nSPS) is 37.7. The van der Waals surface area contributed by atoms with Crippen LogP contribution in [0.1, 0.15) is 32.1 Å². The Balaban J connectivity index is 1.67. The third-order valence-corrected chi connectivity index (χ3v) is 4.74. The van der Waals surface area contributed by atoms with E-state index in [0.717, 1.165) is 12.8 Å². The summed E-state index contributed by atoms with van der Waals surface area (Å²) in [6.45, 7) is 0.862. The summed E-state index contributed by atoms with van der Waals surface area (Å²) in [6, 6.07) is 0.262. The van der Waals surface area contributed by atoms with Gasteiger partial charge in [-0.05, 0) is 32.1 Å². The smallest absolute Gasteiger partial charge is 0.320 e. The van der Waals surface area contributed by atoms with Crippen molar-refractivity contribution in [1.29, 1.82) is 0 Å². The van der Waals surface area contributed by atoms with Gasteiger partial charge in [0, 0.05) is 25.2 Å². The molecule has 2 N–H and O–H groups in total. The number of fused-ring (bicyclic) bond motifs is 2. The fourth-order valence-corrected chi connectivity index (χ4v) is 3.76. The van der Waals surface area contributed by atoms with Crippen LogP contribution in [0.2, 0.25) is 0 Å². The fraction of sp³-hybridized carbons (Fsp3) is 0.846. The zero-order valence-corrected chi connectivity index (χ0v) is 10.9. The van der Waals surface area contributed by atoms with E-state index >= 15 is 0 Å². The molecule has 3 heterocycles. The highest BCUT2D eigenvalue weighted by Gasteiger charge is 2.45. The number of hydrogen-bond donors (Lipinski definition) is 2. The molecule has 106 valence electrons. The lowest BCUT2D eigenvalue weighted by molar-refractivity contribution is -0.141. The van der Waals surface area contributed by atoms with Crippen LogP contribution in [-0.2, 0) is 4.79 Å². The third-order valence-electron chi connectivity index (χ3n) is 4.74. The zero-order valence-electron chi connectivity index (χ0n) is 10.9. The van der Waals surface area contributed by atoms with E-state index in [4.69, 9.17) is 5.11 Å². The molecular weight excluding hydrogens is 248 g/mol. The van der Waals surface area contributed by atoms with E-state index in [-0.39, 0.29) is 24.2 Å². The van der Waals surface area contributed by atoms with Gasteiger partial charge in [-0.3, -0.25) is 4.79 Å². The Kier molecular flexibility index (Phi) is 3.12. The maximum Gasteiger partial charge on any atom is 0.320 e. The first kappa shape index (κ1) is 12.7. The second kappa shape index (κ2) is 4.67. The van der Waals surface area contributed by atoms with E-state index in [9.17, 15) is 14.7 Å². The third kappa shape index (κ3) is 2.18. The van der Waals surface area contributed by atoms with Crippen molar-refractivity contribution in [3.63, 3.8) is 0 Å². The van der Waals surface area contributed by atoms with Crippen LogP contribution in [0.5, 0.6) is 0 Å². The molecule has 0 aromatic carbocycles. The van der Waals surface area contributed by atoms with Crippen LogP contribution < -0.4 is 0 Å².